The first kappa shape index (κ1) is 16.8. The van der Waals surface area contributed by atoms with Gasteiger partial charge in [0.15, 0.2) is 5.13 Å². The molecule has 3 heterocycles. The van der Waals surface area contributed by atoms with E-state index in [2.05, 4.69) is 24.6 Å². The first-order chi connectivity index (χ1) is 11.6. The summed E-state index contributed by atoms with van der Waals surface area (Å²) < 4.78 is 8.49. The second-order valence-corrected chi connectivity index (χ2v) is 7.12. The van der Waals surface area contributed by atoms with Crippen molar-refractivity contribution in [3.63, 3.8) is 0 Å². The van der Waals surface area contributed by atoms with Gasteiger partial charge in [-0.3, -0.25) is 10.1 Å². The molecule has 128 valence electrons. The molecule has 8 nitrogen and oxygen atoms in total. The van der Waals surface area contributed by atoms with E-state index in [1.807, 2.05) is 6.92 Å². The van der Waals surface area contributed by atoms with Crippen LogP contribution in [-0.2, 0) is 24.1 Å². The van der Waals surface area contributed by atoms with Crippen LogP contribution in [-0.4, -0.2) is 45.1 Å². The van der Waals surface area contributed by atoms with Gasteiger partial charge in [0, 0.05) is 17.8 Å². The number of hydrogen-bond donors (Lipinski definition) is 1. The van der Waals surface area contributed by atoms with Crippen LogP contribution in [0.4, 0.5) is 9.93 Å². The van der Waals surface area contributed by atoms with Crippen LogP contribution < -0.4 is 5.32 Å². The van der Waals surface area contributed by atoms with E-state index in [-0.39, 0.29) is 5.91 Å². The number of aromatic nitrogens is 3. The molecule has 0 aliphatic carbocycles. The maximum absolute atomic E-state index is 12.7. The van der Waals surface area contributed by atoms with Gasteiger partial charge in [0.1, 0.15) is 4.88 Å². The lowest BCUT2D eigenvalue weighted by Crippen LogP contribution is -2.35. The number of rotatable bonds is 4. The molecule has 2 amide bonds. The molecule has 0 fully saturated rings. The maximum Gasteiger partial charge on any atom is 0.413 e. The Balaban J connectivity index is 1.73. The van der Waals surface area contributed by atoms with Crippen molar-refractivity contribution in [1.82, 2.24) is 19.5 Å². The number of anilines is 1. The van der Waals surface area contributed by atoms with Crippen molar-refractivity contribution in [1.29, 1.82) is 0 Å². The summed E-state index contributed by atoms with van der Waals surface area (Å²) in [5, 5.41) is 7.13. The minimum absolute atomic E-state index is 0.0324. The van der Waals surface area contributed by atoms with Crippen LogP contribution in [0.15, 0.2) is 0 Å². The normalized spacial score (nSPS) is 13.5. The topological polar surface area (TPSA) is 97.3 Å². The lowest BCUT2D eigenvalue weighted by Gasteiger charge is -2.25. The second-order valence-electron chi connectivity index (χ2n) is 5.28. The van der Waals surface area contributed by atoms with E-state index in [1.165, 1.54) is 18.4 Å². The Hall–Kier alpha value is -2.07. The molecule has 0 spiro atoms. The van der Waals surface area contributed by atoms with Gasteiger partial charge in [-0.1, -0.05) is 29.2 Å². The van der Waals surface area contributed by atoms with Crippen molar-refractivity contribution in [2.75, 3.05) is 19.0 Å². The van der Waals surface area contributed by atoms with E-state index in [4.69, 9.17) is 0 Å². The molecule has 0 aromatic carbocycles. The highest BCUT2D eigenvalue weighted by atomic mass is 32.1. The summed E-state index contributed by atoms with van der Waals surface area (Å²) in [5.41, 5.74) is 1.70. The molecule has 0 unspecified atom stereocenters. The molecule has 2 aromatic heterocycles. The van der Waals surface area contributed by atoms with Crippen LogP contribution in [0.3, 0.4) is 0 Å². The van der Waals surface area contributed by atoms with E-state index in [0.717, 1.165) is 40.6 Å². The van der Waals surface area contributed by atoms with Crippen molar-refractivity contribution in [2.45, 2.75) is 32.7 Å². The van der Waals surface area contributed by atoms with Gasteiger partial charge < -0.3 is 9.64 Å². The van der Waals surface area contributed by atoms with E-state index in [1.54, 1.807) is 4.90 Å². The number of amides is 2. The molecule has 0 saturated carbocycles. The number of carbonyl (C=O) groups excluding carboxylic acids is 2. The molecule has 0 atom stereocenters. The van der Waals surface area contributed by atoms with Crippen molar-refractivity contribution >= 4 is 40.0 Å². The van der Waals surface area contributed by atoms with E-state index < -0.39 is 6.09 Å². The minimum atomic E-state index is -0.547. The van der Waals surface area contributed by atoms with Crippen molar-refractivity contribution in [2.24, 2.45) is 0 Å². The highest BCUT2D eigenvalue weighted by Crippen LogP contribution is 2.29. The van der Waals surface area contributed by atoms with Crippen LogP contribution in [0.2, 0.25) is 0 Å². The highest BCUT2D eigenvalue weighted by Gasteiger charge is 2.28. The Labute approximate surface area is 147 Å². The summed E-state index contributed by atoms with van der Waals surface area (Å²) in [5.74, 6) is -0.0324. The number of hydrogen-bond acceptors (Lipinski definition) is 8. The predicted molar refractivity (Wildman–Crippen MR) is 90.5 cm³/mol. The predicted octanol–water partition coefficient (Wildman–Crippen LogP) is 2.32. The van der Waals surface area contributed by atoms with E-state index in [0.29, 0.717) is 29.5 Å². The Morgan fingerprint density at radius 2 is 2.25 bits per heavy atom. The fraction of sp³-hybridized carbons (Fsp3) is 0.500. The third kappa shape index (κ3) is 3.39. The second kappa shape index (κ2) is 7.22. The van der Waals surface area contributed by atoms with Gasteiger partial charge >= 0.3 is 6.09 Å². The lowest BCUT2D eigenvalue weighted by atomic mass is 10.1. The molecule has 10 heteroatoms. The number of thiazole rings is 1. The number of carbonyl (C=O) groups is 2. The number of methoxy groups -OCH3 is 1. The van der Waals surface area contributed by atoms with Gasteiger partial charge in [-0.05, 0) is 18.0 Å². The highest BCUT2D eigenvalue weighted by molar-refractivity contribution is 7.15. The van der Waals surface area contributed by atoms with Gasteiger partial charge in [0.05, 0.1) is 25.0 Å². The fourth-order valence-corrected chi connectivity index (χ4v) is 4.16. The Morgan fingerprint density at radius 3 is 3.00 bits per heavy atom. The molecule has 0 radical (unpaired) electrons. The van der Waals surface area contributed by atoms with Gasteiger partial charge in [0.25, 0.3) is 5.91 Å². The van der Waals surface area contributed by atoms with E-state index in [9.17, 15) is 9.59 Å². The van der Waals surface area contributed by atoms with Crippen LogP contribution in [0.5, 0.6) is 0 Å². The summed E-state index contributed by atoms with van der Waals surface area (Å²) in [6, 6.07) is 0. The smallest absolute Gasteiger partial charge is 0.413 e. The molecule has 1 N–H and O–H groups in total. The van der Waals surface area contributed by atoms with Crippen LogP contribution in [0, 0.1) is 0 Å². The summed E-state index contributed by atoms with van der Waals surface area (Å²) in [7, 11) is 1.31. The number of nitrogens with one attached hydrogen (secondary N) is 1. The van der Waals surface area contributed by atoms with Crippen LogP contribution in [0.1, 0.15) is 39.3 Å². The fourth-order valence-electron chi connectivity index (χ4n) is 2.48. The minimum Gasteiger partial charge on any atom is -0.453 e. The zero-order valence-corrected chi connectivity index (χ0v) is 15.0. The summed E-state index contributed by atoms with van der Waals surface area (Å²) >= 11 is 2.52. The Morgan fingerprint density at radius 1 is 1.42 bits per heavy atom. The monoisotopic (exact) mass is 367 g/mol. The number of nitrogens with zero attached hydrogens (tertiary/aromatic N) is 4. The van der Waals surface area contributed by atoms with Crippen LogP contribution >= 0.6 is 22.9 Å². The van der Waals surface area contributed by atoms with Crippen molar-refractivity contribution < 1.29 is 14.3 Å². The summed E-state index contributed by atoms with van der Waals surface area (Å²) in [6.07, 6.45) is 1.79. The molecule has 24 heavy (non-hydrogen) atoms. The molecule has 1 aliphatic rings. The number of fused-ring (bicyclic) bond motifs is 1. The lowest BCUT2D eigenvalue weighted by molar-refractivity contribution is 0.0739. The molecule has 0 saturated heterocycles. The Bertz CT molecular complexity index is 757. The standard InChI is InChI=1S/C14H17N5O3S2/c1-3-4-9-11(24-18-17-9)12(20)19-6-5-8-10(7-19)23-13(15-8)16-14(21)22-2/h3-7H2,1-2H3,(H,15,16,21). The summed E-state index contributed by atoms with van der Waals surface area (Å²) in [4.78, 5) is 31.8. The largest absolute Gasteiger partial charge is 0.453 e. The average molecular weight is 367 g/mol. The molecule has 2 aromatic rings. The Kier molecular flexibility index (Phi) is 5.05. The van der Waals surface area contributed by atoms with Crippen molar-refractivity contribution in [3.05, 3.63) is 21.1 Å². The van der Waals surface area contributed by atoms with Gasteiger partial charge in [-0.2, -0.15) is 0 Å². The zero-order valence-electron chi connectivity index (χ0n) is 13.4. The van der Waals surface area contributed by atoms with Gasteiger partial charge in [-0.25, -0.2) is 9.78 Å². The van der Waals surface area contributed by atoms with Gasteiger partial charge in [-0.15, -0.1) is 5.10 Å². The number of aryl methyl sites for hydroxylation is 1. The molecule has 3 rings (SSSR count). The third-order valence-corrected chi connectivity index (χ3v) is 5.40. The summed E-state index contributed by atoms with van der Waals surface area (Å²) in [6.45, 7) is 3.13. The first-order valence-corrected chi connectivity index (χ1v) is 9.15. The molecular formula is C14H17N5O3S2. The zero-order chi connectivity index (χ0) is 17.1. The number of ether oxygens (including phenoxy) is 1. The maximum atomic E-state index is 12.7. The van der Waals surface area contributed by atoms with Gasteiger partial charge in [0.2, 0.25) is 0 Å². The molecule has 1 aliphatic heterocycles. The quantitative estimate of drug-likeness (QED) is 0.891. The molecule has 0 bridgehead atoms. The SMILES string of the molecule is CCCc1nnsc1C(=O)N1CCc2nc(NC(=O)OC)sc2C1. The van der Waals surface area contributed by atoms with E-state index >= 15 is 0 Å². The first-order valence-electron chi connectivity index (χ1n) is 7.56. The van der Waals surface area contributed by atoms with Crippen LogP contribution in [0.25, 0.3) is 0 Å². The third-order valence-electron chi connectivity index (χ3n) is 3.65. The average Bonchev–Trinajstić information content (AvgIpc) is 3.19. The molecular weight excluding hydrogens is 350 g/mol. The van der Waals surface area contributed by atoms with Crippen molar-refractivity contribution in [3.8, 4) is 0 Å².